The van der Waals surface area contributed by atoms with E-state index in [9.17, 15) is 4.79 Å². The van der Waals surface area contributed by atoms with Crippen LogP contribution in [0, 0.1) is 3.57 Å². The molecule has 0 saturated heterocycles. The third kappa shape index (κ3) is 2.72. The highest BCUT2D eigenvalue weighted by atomic mass is 127. The van der Waals surface area contributed by atoms with Gasteiger partial charge in [0, 0.05) is 20.7 Å². The largest absolute Gasteiger partial charge is 0.298 e. The molecule has 2 aromatic rings. The summed E-state index contributed by atoms with van der Waals surface area (Å²) in [6, 6.07) is 5.14. The summed E-state index contributed by atoms with van der Waals surface area (Å²) in [6.07, 6.45) is 1.64. The van der Waals surface area contributed by atoms with Crippen molar-refractivity contribution in [2.75, 3.05) is 5.32 Å². The normalized spacial score (nSPS) is 10.1. The molecule has 0 radical (unpaired) electrons. The number of benzene rings is 1. The molecule has 82 valence electrons. The first-order valence-corrected chi connectivity index (χ1v) is 6.66. The minimum atomic E-state index is -0.176. The van der Waals surface area contributed by atoms with Crippen LogP contribution in [0.5, 0.6) is 0 Å². The Morgan fingerprint density at radius 1 is 1.50 bits per heavy atom. The lowest BCUT2D eigenvalue weighted by molar-refractivity contribution is 0.102. The highest BCUT2D eigenvalue weighted by molar-refractivity contribution is 14.1. The standard InChI is InChI=1S/C10H6ClIN2OS/c11-7-2-1-6(5-8(7)12)9(15)14-10-13-3-4-16-10/h1-5H,(H,13,14,15). The Labute approximate surface area is 115 Å². The third-order valence-corrected chi connectivity index (χ3v) is 4.06. The van der Waals surface area contributed by atoms with Gasteiger partial charge in [-0.3, -0.25) is 10.1 Å². The number of thiazole rings is 1. The van der Waals surface area contributed by atoms with Gasteiger partial charge in [0.2, 0.25) is 0 Å². The van der Waals surface area contributed by atoms with Crippen molar-refractivity contribution in [2.24, 2.45) is 0 Å². The second kappa shape index (κ2) is 5.11. The molecule has 0 unspecified atom stereocenters. The van der Waals surface area contributed by atoms with E-state index >= 15 is 0 Å². The molecule has 0 aliphatic heterocycles. The molecule has 1 N–H and O–H groups in total. The van der Waals surface area contributed by atoms with Gasteiger partial charge in [0.1, 0.15) is 0 Å². The Morgan fingerprint density at radius 3 is 2.94 bits per heavy atom. The Bertz CT molecular complexity index is 516. The molecule has 1 heterocycles. The zero-order valence-corrected chi connectivity index (χ0v) is 11.6. The van der Waals surface area contributed by atoms with Gasteiger partial charge in [0.15, 0.2) is 5.13 Å². The van der Waals surface area contributed by atoms with E-state index in [-0.39, 0.29) is 5.91 Å². The van der Waals surface area contributed by atoms with Crippen LogP contribution in [0.4, 0.5) is 5.13 Å². The van der Waals surface area contributed by atoms with Gasteiger partial charge in [-0.25, -0.2) is 4.98 Å². The molecule has 1 amide bonds. The molecule has 1 aromatic heterocycles. The molecule has 0 aliphatic carbocycles. The highest BCUT2D eigenvalue weighted by Gasteiger charge is 2.08. The summed E-state index contributed by atoms with van der Waals surface area (Å²) in [5.74, 6) is -0.176. The van der Waals surface area contributed by atoms with E-state index < -0.39 is 0 Å². The maximum atomic E-state index is 11.8. The van der Waals surface area contributed by atoms with Crippen molar-refractivity contribution in [3.63, 3.8) is 0 Å². The first-order valence-electron chi connectivity index (χ1n) is 4.33. The number of aromatic nitrogens is 1. The van der Waals surface area contributed by atoms with E-state index in [1.807, 2.05) is 0 Å². The number of nitrogens with zero attached hydrogens (tertiary/aromatic N) is 1. The minimum Gasteiger partial charge on any atom is -0.298 e. The average molecular weight is 365 g/mol. The second-order valence-corrected chi connectivity index (χ2v) is 5.38. The highest BCUT2D eigenvalue weighted by Crippen LogP contribution is 2.20. The van der Waals surface area contributed by atoms with E-state index in [0.29, 0.717) is 15.7 Å². The Balaban J connectivity index is 2.18. The summed E-state index contributed by atoms with van der Waals surface area (Å²) >= 11 is 9.35. The molecule has 0 fully saturated rings. The molecule has 0 bridgehead atoms. The van der Waals surface area contributed by atoms with Gasteiger partial charge >= 0.3 is 0 Å². The van der Waals surface area contributed by atoms with Gasteiger partial charge in [0.05, 0.1) is 5.02 Å². The summed E-state index contributed by atoms with van der Waals surface area (Å²) in [4.78, 5) is 15.8. The fourth-order valence-electron chi connectivity index (χ4n) is 1.09. The van der Waals surface area contributed by atoms with Crippen LogP contribution in [0.1, 0.15) is 10.4 Å². The zero-order chi connectivity index (χ0) is 11.5. The van der Waals surface area contributed by atoms with Gasteiger partial charge in [-0.2, -0.15) is 0 Å². The quantitative estimate of drug-likeness (QED) is 0.827. The summed E-state index contributed by atoms with van der Waals surface area (Å²) in [5, 5.41) is 5.75. The molecular formula is C10H6ClIN2OS. The zero-order valence-electron chi connectivity index (χ0n) is 7.91. The fourth-order valence-corrected chi connectivity index (χ4v) is 2.25. The van der Waals surface area contributed by atoms with E-state index in [4.69, 9.17) is 11.6 Å². The number of amides is 1. The van der Waals surface area contributed by atoms with E-state index in [1.54, 1.807) is 29.8 Å². The van der Waals surface area contributed by atoms with Gasteiger partial charge in [0.25, 0.3) is 5.91 Å². The van der Waals surface area contributed by atoms with Crippen molar-refractivity contribution in [3.05, 3.63) is 43.9 Å². The Morgan fingerprint density at radius 2 is 2.31 bits per heavy atom. The first-order chi connectivity index (χ1) is 7.66. The average Bonchev–Trinajstić information content (AvgIpc) is 2.74. The van der Waals surface area contributed by atoms with Crippen molar-refractivity contribution in [1.29, 1.82) is 0 Å². The topological polar surface area (TPSA) is 42.0 Å². The molecule has 0 aliphatic rings. The Kier molecular flexibility index (Phi) is 3.78. The number of carbonyl (C=O) groups is 1. The number of rotatable bonds is 2. The van der Waals surface area contributed by atoms with Crippen molar-refractivity contribution in [1.82, 2.24) is 4.98 Å². The summed E-state index contributed by atoms with van der Waals surface area (Å²) in [7, 11) is 0. The number of carbonyl (C=O) groups excluding carboxylic acids is 1. The van der Waals surface area contributed by atoms with Crippen molar-refractivity contribution >= 4 is 56.6 Å². The van der Waals surface area contributed by atoms with Crippen molar-refractivity contribution < 1.29 is 4.79 Å². The molecule has 3 nitrogen and oxygen atoms in total. The summed E-state index contributed by atoms with van der Waals surface area (Å²) in [5.41, 5.74) is 0.573. The molecular weight excluding hydrogens is 359 g/mol. The van der Waals surface area contributed by atoms with Crippen LogP contribution in [-0.4, -0.2) is 10.9 Å². The number of nitrogens with one attached hydrogen (secondary N) is 1. The molecule has 6 heteroatoms. The van der Waals surface area contributed by atoms with E-state index in [0.717, 1.165) is 3.57 Å². The summed E-state index contributed by atoms with van der Waals surface area (Å²) < 4.78 is 0.853. The van der Waals surface area contributed by atoms with E-state index in [2.05, 4.69) is 32.9 Å². The number of halogens is 2. The monoisotopic (exact) mass is 364 g/mol. The van der Waals surface area contributed by atoms with Crippen LogP contribution in [-0.2, 0) is 0 Å². The molecule has 2 rings (SSSR count). The summed E-state index contributed by atoms with van der Waals surface area (Å²) in [6.45, 7) is 0. The lowest BCUT2D eigenvalue weighted by Gasteiger charge is -2.03. The first kappa shape index (κ1) is 11.8. The second-order valence-electron chi connectivity index (χ2n) is 2.92. The minimum absolute atomic E-state index is 0.176. The molecule has 1 aromatic carbocycles. The third-order valence-electron chi connectivity index (χ3n) is 1.83. The van der Waals surface area contributed by atoms with Crippen LogP contribution in [0.15, 0.2) is 29.8 Å². The molecule has 0 atom stereocenters. The predicted octanol–water partition coefficient (Wildman–Crippen LogP) is 3.65. The maximum absolute atomic E-state index is 11.8. The van der Waals surface area contributed by atoms with Crippen LogP contribution < -0.4 is 5.32 Å². The van der Waals surface area contributed by atoms with Crippen LogP contribution in [0.3, 0.4) is 0 Å². The maximum Gasteiger partial charge on any atom is 0.257 e. The predicted molar refractivity (Wildman–Crippen MR) is 74.2 cm³/mol. The smallest absolute Gasteiger partial charge is 0.257 e. The molecule has 0 spiro atoms. The SMILES string of the molecule is O=C(Nc1nccs1)c1ccc(Cl)c(I)c1. The Hall–Kier alpha value is -0.660. The fraction of sp³-hybridized carbons (Fsp3) is 0. The number of hydrogen-bond donors (Lipinski definition) is 1. The lowest BCUT2D eigenvalue weighted by Crippen LogP contribution is -2.11. The molecule has 0 saturated carbocycles. The van der Waals surface area contributed by atoms with Gasteiger partial charge in [-0.05, 0) is 40.8 Å². The lowest BCUT2D eigenvalue weighted by atomic mass is 10.2. The number of anilines is 1. The van der Waals surface area contributed by atoms with Crippen LogP contribution in [0.2, 0.25) is 5.02 Å². The number of hydrogen-bond acceptors (Lipinski definition) is 3. The van der Waals surface area contributed by atoms with Gasteiger partial charge in [-0.15, -0.1) is 11.3 Å². The van der Waals surface area contributed by atoms with E-state index in [1.165, 1.54) is 11.3 Å². The van der Waals surface area contributed by atoms with Crippen molar-refractivity contribution in [3.8, 4) is 0 Å². The van der Waals surface area contributed by atoms with Gasteiger partial charge in [-0.1, -0.05) is 11.6 Å². The van der Waals surface area contributed by atoms with Gasteiger partial charge < -0.3 is 0 Å². The van der Waals surface area contributed by atoms with Crippen LogP contribution >= 0.6 is 45.5 Å². The molecule has 16 heavy (non-hydrogen) atoms. The van der Waals surface area contributed by atoms with Crippen molar-refractivity contribution in [2.45, 2.75) is 0 Å². The van der Waals surface area contributed by atoms with Crippen LogP contribution in [0.25, 0.3) is 0 Å².